The largest absolute Gasteiger partial charge is 0.466 e. The summed E-state index contributed by atoms with van der Waals surface area (Å²) in [5, 5.41) is 3.63. The highest BCUT2D eigenvalue weighted by Crippen LogP contribution is 2.41. The van der Waals surface area contributed by atoms with Gasteiger partial charge in [0, 0.05) is 23.0 Å². The molecule has 7 heteroatoms. The Balaban J connectivity index is 1.43. The Labute approximate surface area is 217 Å². The molecule has 0 bridgehead atoms. The van der Waals surface area contributed by atoms with E-state index in [1.165, 1.54) is 12.7 Å². The van der Waals surface area contributed by atoms with Crippen LogP contribution in [0.2, 0.25) is 5.02 Å². The number of carbonyl (C=O) groups is 2. The number of nitrogens with zero attached hydrogens (tertiary/aromatic N) is 1. The number of halogens is 1. The Morgan fingerprint density at radius 1 is 0.944 bits per heavy atom. The van der Waals surface area contributed by atoms with Gasteiger partial charge in [-0.05, 0) is 62.9 Å². The Hall–Kier alpha value is -3.09. The summed E-state index contributed by atoms with van der Waals surface area (Å²) in [7, 11) is 1.33. The number of rotatable bonds is 7. The molecule has 0 aromatic heterocycles. The minimum atomic E-state index is -0.679. The van der Waals surface area contributed by atoms with Gasteiger partial charge in [-0.15, -0.1) is 0 Å². The molecule has 1 atom stereocenters. The van der Waals surface area contributed by atoms with Crippen molar-refractivity contribution in [3.8, 4) is 0 Å². The zero-order valence-electron chi connectivity index (χ0n) is 21.1. The molecule has 0 saturated carbocycles. The van der Waals surface area contributed by atoms with Crippen molar-refractivity contribution in [2.75, 3.05) is 33.4 Å². The monoisotopic (exact) mass is 508 g/mol. The Bertz CT molecular complexity index is 1170. The van der Waals surface area contributed by atoms with Gasteiger partial charge in [0.25, 0.3) is 0 Å². The SMILES string of the molecule is COC(=O)C1=C(C)NC(C)=C(C(=O)OCCN2CCC(c3ccccc3)CC2)C1c1ccccc1Cl. The molecule has 0 aliphatic carbocycles. The Morgan fingerprint density at radius 2 is 1.56 bits per heavy atom. The number of dihydropyridines is 1. The lowest BCUT2D eigenvalue weighted by atomic mass is 9.80. The number of piperidine rings is 1. The third-order valence-corrected chi connectivity index (χ3v) is 7.45. The van der Waals surface area contributed by atoms with Gasteiger partial charge in [0.05, 0.1) is 24.2 Å². The normalized spacial score (nSPS) is 19.2. The first-order valence-corrected chi connectivity index (χ1v) is 12.7. The molecule has 1 fully saturated rings. The Morgan fingerprint density at radius 3 is 2.19 bits per heavy atom. The summed E-state index contributed by atoms with van der Waals surface area (Å²) in [6.07, 6.45) is 2.18. The van der Waals surface area contributed by atoms with Gasteiger partial charge in [-0.1, -0.05) is 60.1 Å². The van der Waals surface area contributed by atoms with E-state index in [0.29, 0.717) is 45.6 Å². The number of esters is 2. The van der Waals surface area contributed by atoms with Gasteiger partial charge in [-0.2, -0.15) is 0 Å². The minimum absolute atomic E-state index is 0.275. The van der Waals surface area contributed by atoms with Crippen molar-refractivity contribution >= 4 is 23.5 Å². The summed E-state index contributed by atoms with van der Waals surface area (Å²) >= 11 is 6.52. The molecule has 2 aliphatic heterocycles. The number of ether oxygens (including phenoxy) is 2. The molecular weight excluding hydrogens is 476 g/mol. The maximum atomic E-state index is 13.4. The van der Waals surface area contributed by atoms with Crippen molar-refractivity contribution in [1.29, 1.82) is 0 Å². The molecule has 36 heavy (non-hydrogen) atoms. The van der Waals surface area contributed by atoms with E-state index in [4.69, 9.17) is 21.1 Å². The molecule has 0 spiro atoms. The quantitative estimate of drug-likeness (QED) is 0.520. The predicted octanol–water partition coefficient (Wildman–Crippen LogP) is 5.17. The molecule has 1 saturated heterocycles. The lowest BCUT2D eigenvalue weighted by Crippen LogP contribution is -2.36. The van der Waals surface area contributed by atoms with E-state index in [9.17, 15) is 9.59 Å². The second-order valence-electron chi connectivity index (χ2n) is 9.31. The van der Waals surface area contributed by atoms with Gasteiger partial charge < -0.3 is 14.8 Å². The van der Waals surface area contributed by atoms with E-state index in [-0.39, 0.29) is 6.61 Å². The van der Waals surface area contributed by atoms with E-state index in [1.54, 1.807) is 13.0 Å². The standard InChI is InChI=1S/C29H33ClN2O4/c1-19-25(28(33)35-3)27(23-11-7-8-12-24(23)30)26(20(2)31-19)29(34)36-18-17-32-15-13-22(14-16-32)21-9-5-4-6-10-21/h4-12,22,27,31H,13-18H2,1-3H3. The van der Waals surface area contributed by atoms with Gasteiger partial charge >= 0.3 is 11.9 Å². The van der Waals surface area contributed by atoms with Crippen LogP contribution in [0.25, 0.3) is 0 Å². The van der Waals surface area contributed by atoms with Gasteiger partial charge in [-0.3, -0.25) is 4.90 Å². The van der Waals surface area contributed by atoms with Gasteiger partial charge in [0.1, 0.15) is 6.61 Å². The number of likely N-dealkylation sites (tertiary alicyclic amines) is 1. The number of carbonyl (C=O) groups excluding carboxylic acids is 2. The highest BCUT2D eigenvalue weighted by molar-refractivity contribution is 6.31. The molecule has 1 unspecified atom stereocenters. The first kappa shape index (κ1) is 26.0. The van der Waals surface area contributed by atoms with Crippen LogP contribution in [-0.2, 0) is 19.1 Å². The smallest absolute Gasteiger partial charge is 0.336 e. The van der Waals surface area contributed by atoms with Gasteiger partial charge in [-0.25, -0.2) is 9.59 Å². The zero-order chi connectivity index (χ0) is 25.7. The van der Waals surface area contributed by atoms with Crippen LogP contribution < -0.4 is 5.32 Å². The van der Waals surface area contributed by atoms with Crippen LogP contribution in [0.3, 0.4) is 0 Å². The van der Waals surface area contributed by atoms with Crippen molar-refractivity contribution in [2.45, 2.75) is 38.5 Å². The molecule has 4 rings (SSSR count). The highest BCUT2D eigenvalue weighted by atomic mass is 35.5. The van der Waals surface area contributed by atoms with Crippen molar-refractivity contribution in [3.05, 3.63) is 93.3 Å². The first-order chi connectivity index (χ1) is 17.4. The minimum Gasteiger partial charge on any atom is -0.466 e. The summed E-state index contributed by atoms with van der Waals surface area (Å²) in [6, 6.07) is 17.9. The lowest BCUT2D eigenvalue weighted by molar-refractivity contribution is -0.140. The van der Waals surface area contributed by atoms with Crippen LogP contribution in [0.1, 0.15) is 49.7 Å². The molecule has 190 valence electrons. The average Bonchev–Trinajstić information content (AvgIpc) is 2.89. The number of hydrogen-bond acceptors (Lipinski definition) is 6. The summed E-state index contributed by atoms with van der Waals surface area (Å²) in [5.74, 6) is -1.07. The summed E-state index contributed by atoms with van der Waals surface area (Å²) in [5.41, 5.74) is 4.05. The second-order valence-corrected chi connectivity index (χ2v) is 9.72. The molecule has 0 amide bonds. The molecule has 0 radical (unpaired) electrons. The van der Waals surface area contributed by atoms with E-state index >= 15 is 0 Å². The van der Waals surface area contributed by atoms with Gasteiger partial charge in [0.15, 0.2) is 0 Å². The van der Waals surface area contributed by atoms with Gasteiger partial charge in [0.2, 0.25) is 0 Å². The zero-order valence-corrected chi connectivity index (χ0v) is 21.8. The molecule has 2 heterocycles. The van der Waals surface area contributed by atoms with Crippen LogP contribution in [0, 0.1) is 0 Å². The van der Waals surface area contributed by atoms with E-state index in [1.807, 2.05) is 31.2 Å². The first-order valence-electron chi connectivity index (χ1n) is 12.4. The fraction of sp³-hybridized carbons (Fsp3) is 0.379. The van der Waals surface area contributed by atoms with Crippen LogP contribution in [-0.4, -0.2) is 50.2 Å². The topological polar surface area (TPSA) is 67.9 Å². The summed E-state index contributed by atoms with van der Waals surface area (Å²) in [4.78, 5) is 28.5. The van der Waals surface area contributed by atoms with Crippen molar-refractivity contribution in [2.24, 2.45) is 0 Å². The van der Waals surface area contributed by atoms with Crippen molar-refractivity contribution in [3.63, 3.8) is 0 Å². The number of nitrogens with one attached hydrogen (secondary N) is 1. The molecule has 2 aromatic rings. The van der Waals surface area contributed by atoms with Crippen molar-refractivity contribution < 1.29 is 19.1 Å². The predicted molar refractivity (Wildman–Crippen MR) is 141 cm³/mol. The number of methoxy groups -OCH3 is 1. The molecule has 2 aromatic carbocycles. The fourth-order valence-corrected chi connectivity index (χ4v) is 5.47. The second kappa shape index (κ2) is 11.8. The third-order valence-electron chi connectivity index (χ3n) is 7.10. The Kier molecular flexibility index (Phi) is 8.49. The number of hydrogen-bond donors (Lipinski definition) is 1. The lowest BCUT2D eigenvalue weighted by Gasteiger charge is -2.32. The van der Waals surface area contributed by atoms with E-state index in [2.05, 4.69) is 34.5 Å². The summed E-state index contributed by atoms with van der Waals surface area (Å²) in [6.45, 7) is 6.49. The molecule has 2 aliphatic rings. The fourth-order valence-electron chi connectivity index (χ4n) is 5.23. The van der Waals surface area contributed by atoms with Crippen LogP contribution in [0.15, 0.2) is 77.1 Å². The van der Waals surface area contributed by atoms with Crippen LogP contribution in [0.5, 0.6) is 0 Å². The van der Waals surface area contributed by atoms with Crippen LogP contribution >= 0.6 is 11.6 Å². The highest BCUT2D eigenvalue weighted by Gasteiger charge is 2.38. The molecular formula is C29H33ClN2O4. The molecule has 6 nitrogen and oxygen atoms in total. The van der Waals surface area contributed by atoms with Crippen molar-refractivity contribution in [1.82, 2.24) is 10.2 Å². The van der Waals surface area contributed by atoms with E-state index < -0.39 is 17.9 Å². The van der Waals surface area contributed by atoms with E-state index in [0.717, 1.165) is 25.9 Å². The number of benzene rings is 2. The maximum Gasteiger partial charge on any atom is 0.336 e. The van der Waals surface area contributed by atoms with Crippen LogP contribution in [0.4, 0.5) is 0 Å². The maximum absolute atomic E-state index is 13.4. The summed E-state index contributed by atoms with van der Waals surface area (Å²) < 4.78 is 10.8. The molecule has 1 N–H and O–H groups in total. The third kappa shape index (κ3) is 5.66. The number of allylic oxidation sites excluding steroid dienone is 2. The average molecular weight is 509 g/mol.